The van der Waals surface area contributed by atoms with Crippen LogP contribution in [0.2, 0.25) is 0 Å². The smallest absolute Gasteiger partial charge is 0.358 e. The van der Waals surface area contributed by atoms with E-state index < -0.39 is 11.9 Å². The lowest BCUT2D eigenvalue weighted by atomic mass is 10.0. The SMILES string of the molecule is CC(C)Oc1ccc(C(=O)Nc2c(C(=O)O)nn(-c3ccc(C(C)C)cc3)c2-c2ccc(OCc3ccccc3)cc2)cc1. The molecule has 0 saturated carbocycles. The summed E-state index contributed by atoms with van der Waals surface area (Å²) in [5, 5.41) is 17.5. The maximum Gasteiger partial charge on any atom is 0.358 e. The van der Waals surface area contributed by atoms with Gasteiger partial charge in [0.2, 0.25) is 0 Å². The number of carboxylic acid groups (broad SMARTS) is 1. The van der Waals surface area contributed by atoms with Gasteiger partial charge in [-0.15, -0.1) is 0 Å². The highest BCUT2D eigenvalue weighted by Gasteiger charge is 2.27. The summed E-state index contributed by atoms with van der Waals surface area (Å²) in [6.45, 7) is 8.46. The fraction of sp³-hybridized carbons (Fsp3) is 0.194. The number of aromatic nitrogens is 2. The van der Waals surface area contributed by atoms with Gasteiger partial charge in [0.25, 0.3) is 5.91 Å². The highest BCUT2D eigenvalue weighted by atomic mass is 16.5. The Kier molecular flexibility index (Phi) is 9.09. The van der Waals surface area contributed by atoms with E-state index in [1.54, 1.807) is 28.9 Å². The highest BCUT2D eigenvalue weighted by molar-refractivity contribution is 6.10. The third-order valence-corrected chi connectivity index (χ3v) is 7.00. The van der Waals surface area contributed by atoms with Gasteiger partial charge in [-0.25, -0.2) is 9.48 Å². The Labute approximate surface area is 256 Å². The second-order valence-corrected chi connectivity index (χ2v) is 11.0. The summed E-state index contributed by atoms with van der Waals surface area (Å²) in [5.41, 5.74) is 4.09. The van der Waals surface area contributed by atoms with Crippen LogP contribution in [-0.4, -0.2) is 32.9 Å². The van der Waals surface area contributed by atoms with Crippen LogP contribution in [0.4, 0.5) is 5.69 Å². The van der Waals surface area contributed by atoms with E-state index in [1.165, 1.54) is 0 Å². The van der Waals surface area contributed by atoms with Crippen molar-refractivity contribution in [2.45, 2.75) is 46.3 Å². The number of amides is 1. The molecule has 8 heteroatoms. The summed E-state index contributed by atoms with van der Waals surface area (Å²) in [6, 6.07) is 31.6. The number of nitrogens with zero attached hydrogens (tertiary/aromatic N) is 2. The molecule has 4 aromatic carbocycles. The number of benzene rings is 4. The van der Waals surface area contributed by atoms with Gasteiger partial charge >= 0.3 is 5.97 Å². The number of aromatic carboxylic acids is 1. The fourth-order valence-electron chi connectivity index (χ4n) is 4.73. The fourth-order valence-corrected chi connectivity index (χ4v) is 4.73. The summed E-state index contributed by atoms with van der Waals surface area (Å²) < 4.78 is 13.2. The first-order valence-electron chi connectivity index (χ1n) is 14.5. The van der Waals surface area contributed by atoms with Gasteiger partial charge < -0.3 is 19.9 Å². The lowest BCUT2D eigenvalue weighted by molar-refractivity contribution is 0.0691. The maximum atomic E-state index is 13.4. The number of nitrogens with one attached hydrogen (secondary N) is 1. The van der Waals surface area contributed by atoms with Crippen LogP contribution in [0.1, 0.15) is 65.6 Å². The monoisotopic (exact) mass is 589 g/mol. The van der Waals surface area contributed by atoms with Gasteiger partial charge in [-0.2, -0.15) is 5.10 Å². The van der Waals surface area contributed by atoms with Gasteiger partial charge in [0.15, 0.2) is 5.69 Å². The molecule has 0 saturated heterocycles. The van der Waals surface area contributed by atoms with E-state index in [0.29, 0.717) is 46.5 Å². The number of carbonyl (C=O) groups is 2. The van der Waals surface area contributed by atoms with Crippen LogP contribution in [0, 0.1) is 0 Å². The summed E-state index contributed by atoms with van der Waals surface area (Å²) >= 11 is 0. The first-order chi connectivity index (χ1) is 21.2. The molecular weight excluding hydrogens is 554 g/mol. The van der Waals surface area contributed by atoms with Gasteiger partial charge in [-0.05, 0) is 91.6 Å². The quantitative estimate of drug-likeness (QED) is 0.162. The second kappa shape index (κ2) is 13.3. The number of hydrogen-bond acceptors (Lipinski definition) is 5. The Morgan fingerprint density at radius 2 is 1.45 bits per heavy atom. The summed E-state index contributed by atoms with van der Waals surface area (Å²) in [7, 11) is 0. The van der Waals surface area contributed by atoms with E-state index in [0.717, 1.165) is 11.1 Å². The molecular formula is C36H35N3O5. The maximum absolute atomic E-state index is 13.4. The molecule has 0 aliphatic rings. The van der Waals surface area contributed by atoms with E-state index in [-0.39, 0.29) is 17.5 Å². The van der Waals surface area contributed by atoms with Gasteiger partial charge in [-0.1, -0.05) is 56.3 Å². The lowest BCUT2D eigenvalue weighted by Gasteiger charge is -2.14. The van der Waals surface area contributed by atoms with E-state index >= 15 is 0 Å². The lowest BCUT2D eigenvalue weighted by Crippen LogP contribution is -2.15. The molecule has 0 aliphatic carbocycles. The number of hydrogen-bond donors (Lipinski definition) is 2. The average molecular weight is 590 g/mol. The molecule has 5 rings (SSSR count). The Morgan fingerprint density at radius 1 is 0.818 bits per heavy atom. The molecule has 224 valence electrons. The Morgan fingerprint density at radius 3 is 2.05 bits per heavy atom. The van der Waals surface area contributed by atoms with Gasteiger partial charge in [0.1, 0.15) is 23.8 Å². The van der Waals surface area contributed by atoms with Crippen LogP contribution < -0.4 is 14.8 Å². The number of rotatable bonds is 11. The van der Waals surface area contributed by atoms with Crippen LogP contribution in [0.3, 0.4) is 0 Å². The van der Waals surface area contributed by atoms with Crippen molar-refractivity contribution in [1.29, 1.82) is 0 Å². The molecule has 0 spiro atoms. The largest absolute Gasteiger partial charge is 0.491 e. The molecule has 44 heavy (non-hydrogen) atoms. The number of anilines is 1. The van der Waals surface area contributed by atoms with E-state index in [1.807, 2.05) is 92.7 Å². The zero-order valence-corrected chi connectivity index (χ0v) is 25.2. The third kappa shape index (κ3) is 6.98. The molecule has 0 fully saturated rings. The number of ether oxygens (including phenoxy) is 2. The van der Waals surface area contributed by atoms with Crippen LogP contribution in [0.25, 0.3) is 16.9 Å². The predicted octanol–water partition coefficient (Wildman–Crippen LogP) is 7.98. The molecule has 0 atom stereocenters. The molecule has 5 aromatic rings. The molecule has 1 heterocycles. The number of carboxylic acids is 1. The van der Waals surface area contributed by atoms with Crippen molar-refractivity contribution >= 4 is 17.6 Å². The van der Waals surface area contributed by atoms with Crippen molar-refractivity contribution in [3.05, 3.63) is 126 Å². The average Bonchev–Trinajstić information content (AvgIpc) is 3.40. The minimum atomic E-state index is -1.26. The molecule has 2 N–H and O–H groups in total. The van der Waals surface area contributed by atoms with Crippen molar-refractivity contribution in [2.75, 3.05) is 5.32 Å². The topological polar surface area (TPSA) is 103 Å². The normalized spacial score (nSPS) is 11.0. The predicted molar refractivity (Wildman–Crippen MR) is 171 cm³/mol. The van der Waals surface area contributed by atoms with Gasteiger partial charge in [0.05, 0.1) is 17.5 Å². The van der Waals surface area contributed by atoms with Crippen molar-refractivity contribution in [1.82, 2.24) is 9.78 Å². The highest BCUT2D eigenvalue weighted by Crippen LogP contribution is 2.35. The summed E-state index contributed by atoms with van der Waals surface area (Å²) in [4.78, 5) is 25.9. The minimum absolute atomic E-state index is 0.00840. The third-order valence-electron chi connectivity index (χ3n) is 7.00. The van der Waals surface area contributed by atoms with Crippen LogP contribution in [-0.2, 0) is 6.61 Å². The minimum Gasteiger partial charge on any atom is -0.491 e. The summed E-state index contributed by atoms with van der Waals surface area (Å²) in [6.07, 6.45) is -0.00840. The Balaban J connectivity index is 1.54. The zero-order chi connectivity index (χ0) is 31.2. The van der Waals surface area contributed by atoms with Crippen LogP contribution in [0.15, 0.2) is 103 Å². The van der Waals surface area contributed by atoms with Crippen molar-refractivity contribution < 1.29 is 24.2 Å². The molecule has 0 radical (unpaired) electrons. The van der Waals surface area contributed by atoms with E-state index in [2.05, 4.69) is 24.3 Å². The standard InChI is InChI=1S/C36H35N3O5/c1-23(2)26-10-16-29(17-11-26)39-34(27-12-18-30(19-13-27)43-22-25-8-6-5-7-9-25)32(33(38-39)36(41)42)37-35(40)28-14-20-31(21-15-28)44-24(3)4/h5-21,23-24H,22H2,1-4H3,(H,37,40)(H,41,42). The Hall–Kier alpha value is -5.37. The first kappa shape index (κ1) is 30.1. The molecule has 0 aliphatic heterocycles. The molecule has 0 bridgehead atoms. The molecule has 1 aromatic heterocycles. The number of carbonyl (C=O) groups excluding carboxylic acids is 1. The van der Waals surface area contributed by atoms with E-state index in [9.17, 15) is 14.7 Å². The van der Waals surface area contributed by atoms with Crippen molar-refractivity contribution in [3.8, 4) is 28.4 Å². The van der Waals surface area contributed by atoms with Gasteiger partial charge in [0, 0.05) is 11.1 Å². The molecule has 0 unspecified atom stereocenters. The summed E-state index contributed by atoms with van der Waals surface area (Å²) in [5.74, 6) is -0.121. The first-order valence-corrected chi connectivity index (χ1v) is 14.5. The molecule has 1 amide bonds. The zero-order valence-electron chi connectivity index (χ0n) is 25.2. The van der Waals surface area contributed by atoms with Crippen molar-refractivity contribution in [2.24, 2.45) is 0 Å². The second-order valence-electron chi connectivity index (χ2n) is 11.0. The Bertz CT molecular complexity index is 1720. The molecule has 8 nitrogen and oxygen atoms in total. The van der Waals surface area contributed by atoms with Crippen LogP contribution >= 0.6 is 0 Å². The van der Waals surface area contributed by atoms with Gasteiger partial charge in [-0.3, -0.25) is 4.79 Å². The van der Waals surface area contributed by atoms with Crippen LogP contribution in [0.5, 0.6) is 11.5 Å². The van der Waals surface area contributed by atoms with E-state index in [4.69, 9.17) is 9.47 Å². The van der Waals surface area contributed by atoms with Crippen molar-refractivity contribution in [3.63, 3.8) is 0 Å².